The first-order valence-electron chi connectivity index (χ1n) is 8.58. The minimum Gasteiger partial charge on any atom is -0.358 e. The number of aryl methyl sites for hydroxylation is 1. The molecule has 0 aliphatic rings. The average molecular weight is 447 g/mol. The van der Waals surface area contributed by atoms with Crippen LogP contribution in [-0.2, 0) is 17.9 Å². The number of carbonyl (C=O) groups excluding carboxylic acids is 1. The molecule has 1 unspecified atom stereocenters. The van der Waals surface area contributed by atoms with Crippen molar-refractivity contribution in [3.63, 3.8) is 0 Å². The molecule has 0 fully saturated rings. The molecule has 146 valence electrons. The van der Waals surface area contributed by atoms with Crippen molar-refractivity contribution in [2.45, 2.75) is 26.9 Å². The Hall–Kier alpha value is -3.01. The van der Waals surface area contributed by atoms with Gasteiger partial charge in [-0.2, -0.15) is 9.78 Å². The molecule has 1 aromatic carbocycles. The largest absolute Gasteiger partial charge is 0.390 e. The predicted molar refractivity (Wildman–Crippen MR) is 107 cm³/mol. The Balaban J connectivity index is 1.63. The smallest absolute Gasteiger partial charge is 0.358 e. The molecule has 0 aliphatic carbocycles. The molecule has 0 radical (unpaired) electrons. The Morgan fingerprint density at radius 3 is 2.82 bits per heavy atom. The van der Waals surface area contributed by atoms with Gasteiger partial charge in [0.25, 0.3) is 0 Å². The van der Waals surface area contributed by atoms with Crippen molar-refractivity contribution in [1.82, 2.24) is 19.6 Å². The molecule has 0 saturated carbocycles. The van der Waals surface area contributed by atoms with Gasteiger partial charge in [-0.3, -0.25) is 9.48 Å². The summed E-state index contributed by atoms with van der Waals surface area (Å²) in [6.45, 7) is 4.32. The molecule has 10 heteroatoms. The van der Waals surface area contributed by atoms with Gasteiger partial charge in [-0.1, -0.05) is 19.1 Å². The standard InChI is InChI=1S/C18H19BrN6O3/c1-12(9-24-13(2)6-17(22-24)25(27)28)18(26)21-16-5-3-4-14(7-16)10-23-11-15(19)8-20-23/h3-8,11-12H,9-10H2,1-2H3,(H,21,26). The average Bonchev–Trinajstić information content (AvgIpc) is 3.21. The lowest BCUT2D eigenvalue weighted by atomic mass is 10.1. The highest BCUT2D eigenvalue weighted by Gasteiger charge is 2.20. The molecule has 0 bridgehead atoms. The second-order valence-corrected chi connectivity index (χ2v) is 7.45. The Bertz CT molecular complexity index is 1010. The van der Waals surface area contributed by atoms with E-state index in [1.165, 1.54) is 10.7 Å². The van der Waals surface area contributed by atoms with E-state index in [0.29, 0.717) is 17.9 Å². The van der Waals surface area contributed by atoms with Gasteiger partial charge in [0.1, 0.15) is 0 Å². The van der Waals surface area contributed by atoms with Crippen LogP contribution in [0, 0.1) is 23.0 Å². The van der Waals surface area contributed by atoms with Crippen LogP contribution in [0.15, 0.2) is 47.2 Å². The summed E-state index contributed by atoms with van der Waals surface area (Å²) in [5, 5.41) is 21.9. The van der Waals surface area contributed by atoms with Crippen LogP contribution >= 0.6 is 15.9 Å². The van der Waals surface area contributed by atoms with E-state index in [4.69, 9.17) is 0 Å². The topological polar surface area (TPSA) is 108 Å². The summed E-state index contributed by atoms with van der Waals surface area (Å²) in [5.41, 5.74) is 2.32. The van der Waals surface area contributed by atoms with Crippen molar-refractivity contribution < 1.29 is 9.72 Å². The molecule has 0 spiro atoms. The number of carbonyl (C=O) groups is 1. The summed E-state index contributed by atoms with van der Waals surface area (Å²) in [6, 6.07) is 8.93. The number of aromatic nitrogens is 4. The number of hydrogen-bond donors (Lipinski definition) is 1. The Morgan fingerprint density at radius 2 is 2.18 bits per heavy atom. The number of hydrogen-bond acceptors (Lipinski definition) is 5. The molecular formula is C18H19BrN6O3. The van der Waals surface area contributed by atoms with Crippen LogP contribution in [0.25, 0.3) is 0 Å². The SMILES string of the molecule is Cc1cc([N+](=O)[O-])nn1CC(C)C(=O)Nc1cccc(Cn2cc(Br)cn2)c1. The molecule has 1 N–H and O–H groups in total. The number of nitrogens with one attached hydrogen (secondary N) is 1. The maximum Gasteiger partial charge on any atom is 0.390 e. The quantitative estimate of drug-likeness (QED) is 0.441. The lowest BCUT2D eigenvalue weighted by Gasteiger charge is -2.12. The van der Waals surface area contributed by atoms with E-state index >= 15 is 0 Å². The van der Waals surface area contributed by atoms with Gasteiger partial charge in [0.15, 0.2) is 0 Å². The molecular weight excluding hydrogens is 428 g/mol. The first-order valence-corrected chi connectivity index (χ1v) is 9.37. The van der Waals surface area contributed by atoms with E-state index in [0.717, 1.165) is 10.0 Å². The van der Waals surface area contributed by atoms with Crippen molar-refractivity contribution >= 4 is 33.3 Å². The molecule has 1 amide bonds. The predicted octanol–water partition coefficient (Wildman–Crippen LogP) is 3.38. The van der Waals surface area contributed by atoms with Crippen molar-refractivity contribution in [2.24, 2.45) is 5.92 Å². The van der Waals surface area contributed by atoms with E-state index in [-0.39, 0.29) is 18.3 Å². The normalized spacial score (nSPS) is 12.0. The molecule has 3 aromatic rings. The molecule has 9 nitrogen and oxygen atoms in total. The highest BCUT2D eigenvalue weighted by Crippen LogP contribution is 2.16. The number of rotatable bonds is 7. The third-order valence-corrected chi connectivity index (χ3v) is 4.60. The number of amides is 1. The van der Waals surface area contributed by atoms with Gasteiger partial charge in [-0.05, 0) is 45.5 Å². The van der Waals surface area contributed by atoms with E-state index in [1.807, 2.05) is 30.5 Å². The van der Waals surface area contributed by atoms with Crippen LogP contribution in [0.3, 0.4) is 0 Å². The first-order chi connectivity index (χ1) is 13.3. The summed E-state index contributed by atoms with van der Waals surface area (Å²) in [7, 11) is 0. The van der Waals surface area contributed by atoms with Gasteiger partial charge in [0, 0.05) is 11.9 Å². The Kier molecular flexibility index (Phi) is 5.88. The van der Waals surface area contributed by atoms with E-state index in [1.54, 1.807) is 24.7 Å². The van der Waals surface area contributed by atoms with Crippen molar-refractivity contribution in [1.29, 1.82) is 0 Å². The van der Waals surface area contributed by atoms with E-state index < -0.39 is 10.8 Å². The van der Waals surface area contributed by atoms with Gasteiger partial charge in [0.2, 0.25) is 5.91 Å². The second kappa shape index (κ2) is 8.34. The number of benzene rings is 1. The highest BCUT2D eigenvalue weighted by molar-refractivity contribution is 9.10. The highest BCUT2D eigenvalue weighted by atomic mass is 79.9. The van der Waals surface area contributed by atoms with Crippen LogP contribution in [0.2, 0.25) is 0 Å². The fraction of sp³-hybridized carbons (Fsp3) is 0.278. The number of nitro groups is 1. The van der Waals surface area contributed by atoms with Crippen LogP contribution in [-0.4, -0.2) is 30.4 Å². The van der Waals surface area contributed by atoms with Gasteiger partial charge in [-0.25, -0.2) is 0 Å². The third-order valence-electron chi connectivity index (χ3n) is 4.19. The number of nitrogens with zero attached hydrogens (tertiary/aromatic N) is 5. The zero-order valence-corrected chi connectivity index (χ0v) is 17.0. The Labute approximate surface area is 169 Å². The van der Waals surface area contributed by atoms with Gasteiger partial charge in [-0.15, -0.1) is 0 Å². The maximum atomic E-state index is 12.5. The second-order valence-electron chi connectivity index (χ2n) is 6.53. The summed E-state index contributed by atoms with van der Waals surface area (Å²) in [6.07, 6.45) is 3.59. The lowest BCUT2D eigenvalue weighted by molar-refractivity contribution is -0.389. The minimum atomic E-state index is -0.544. The molecule has 2 heterocycles. The van der Waals surface area contributed by atoms with Crippen LogP contribution < -0.4 is 5.32 Å². The van der Waals surface area contributed by atoms with E-state index in [2.05, 4.69) is 31.4 Å². The van der Waals surface area contributed by atoms with Gasteiger partial charge < -0.3 is 15.4 Å². The maximum absolute atomic E-state index is 12.5. The van der Waals surface area contributed by atoms with Crippen LogP contribution in [0.4, 0.5) is 11.5 Å². The first kappa shape index (κ1) is 19.7. The summed E-state index contributed by atoms with van der Waals surface area (Å²) in [4.78, 5) is 22.8. The molecule has 0 saturated heterocycles. The molecule has 1 atom stereocenters. The minimum absolute atomic E-state index is 0.184. The van der Waals surface area contributed by atoms with Crippen LogP contribution in [0.1, 0.15) is 18.2 Å². The summed E-state index contributed by atoms with van der Waals surface area (Å²) in [5.74, 6) is -0.816. The lowest BCUT2D eigenvalue weighted by Crippen LogP contribution is -2.25. The number of anilines is 1. The molecule has 28 heavy (non-hydrogen) atoms. The van der Waals surface area contributed by atoms with Crippen LogP contribution in [0.5, 0.6) is 0 Å². The monoisotopic (exact) mass is 446 g/mol. The Morgan fingerprint density at radius 1 is 1.39 bits per heavy atom. The summed E-state index contributed by atoms with van der Waals surface area (Å²) < 4.78 is 4.18. The third kappa shape index (κ3) is 4.83. The molecule has 2 aromatic heterocycles. The van der Waals surface area contributed by atoms with E-state index in [9.17, 15) is 14.9 Å². The van der Waals surface area contributed by atoms with Crippen molar-refractivity contribution in [3.05, 3.63) is 68.6 Å². The van der Waals surface area contributed by atoms with Gasteiger partial charge >= 0.3 is 5.82 Å². The molecule has 0 aliphatic heterocycles. The van der Waals surface area contributed by atoms with Gasteiger partial charge in [0.05, 0.1) is 46.5 Å². The summed E-state index contributed by atoms with van der Waals surface area (Å²) >= 11 is 3.37. The zero-order valence-electron chi connectivity index (χ0n) is 15.4. The number of halogens is 1. The fourth-order valence-electron chi connectivity index (χ4n) is 2.73. The fourth-order valence-corrected chi connectivity index (χ4v) is 3.06. The van der Waals surface area contributed by atoms with Crippen molar-refractivity contribution in [2.75, 3.05) is 5.32 Å². The molecule has 3 rings (SSSR count). The zero-order chi connectivity index (χ0) is 20.3. The van der Waals surface area contributed by atoms with Crippen molar-refractivity contribution in [3.8, 4) is 0 Å².